The molecule has 0 saturated heterocycles. The zero-order valence-corrected chi connectivity index (χ0v) is 15.9. The smallest absolute Gasteiger partial charge is 0.337 e. The molecule has 0 radical (unpaired) electrons. The minimum absolute atomic E-state index is 0.00808. The van der Waals surface area contributed by atoms with Gasteiger partial charge in [-0.2, -0.15) is 0 Å². The fourth-order valence-corrected chi connectivity index (χ4v) is 3.99. The number of fused-ring (bicyclic) bond motifs is 1. The number of amides is 1. The predicted molar refractivity (Wildman–Crippen MR) is 103 cm³/mol. The van der Waals surface area contributed by atoms with Crippen molar-refractivity contribution in [2.45, 2.75) is 5.16 Å². The van der Waals surface area contributed by atoms with Gasteiger partial charge >= 0.3 is 5.97 Å². The average Bonchev–Trinajstić information content (AvgIpc) is 3.01. The topological polar surface area (TPSA) is 112 Å². The summed E-state index contributed by atoms with van der Waals surface area (Å²) in [5.74, 6) is -1.52. The van der Waals surface area contributed by atoms with E-state index in [4.69, 9.17) is 28.3 Å². The number of carboxylic acid groups (broad SMARTS) is 1. The van der Waals surface area contributed by atoms with Crippen LogP contribution >= 0.6 is 46.3 Å². The van der Waals surface area contributed by atoms with Crippen molar-refractivity contribution in [3.63, 3.8) is 0 Å². The molecule has 0 bridgehead atoms. The number of aromatic amines is 1. The third kappa shape index (κ3) is 4.01. The molecule has 26 heavy (non-hydrogen) atoms. The monoisotopic (exact) mass is 429 g/mol. The highest BCUT2D eigenvalue weighted by molar-refractivity contribution is 7.99. The summed E-state index contributed by atoms with van der Waals surface area (Å²) in [6.07, 6.45) is 0. The molecule has 0 aliphatic heterocycles. The molecule has 1 amide bonds. The van der Waals surface area contributed by atoms with Crippen molar-refractivity contribution in [2.75, 3.05) is 11.1 Å². The number of H-pyrrole nitrogens is 1. The minimum Gasteiger partial charge on any atom is -0.478 e. The molecular formula is C15H9Cl2N3O4S2. The molecule has 0 atom stereocenters. The van der Waals surface area contributed by atoms with E-state index in [1.807, 2.05) is 0 Å². The Bertz CT molecular complexity index is 1080. The molecule has 1 aromatic carbocycles. The number of nitrogens with one attached hydrogen (secondary N) is 2. The maximum Gasteiger partial charge on any atom is 0.337 e. The van der Waals surface area contributed by atoms with Gasteiger partial charge in [-0.15, -0.1) is 11.3 Å². The van der Waals surface area contributed by atoms with Gasteiger partial charge in [0, 0.05) is 11.1 Å². The van der Waals surface area contributed by atoms with Crippen molar-refractivity contribution < 1.29 is 14.7 Å². The van der Waals surface area contributed by atoms with Crippen molar-refractivity contribution in [2.24, 2.45) is 0 Å². The molecule has 2 aromatic heterocycles. The second-order valence-electron chi connectivity index (χ2n) is 4.97. The molecule has 3 aromatic rings. The van der Waals surface area contributed by atoms with Crippen LogP contribution in [0, 0.1) is 0 Å². The lowest BCUT2D eigenvalue weighted by Gasteiger charge is -2.06. The Hall–Kier alpha value is -2.07. The molecule has 0 spiro atoms. The highest BCUT2D eigenvalue weighted by Crippen LogP contribution is 2.26. The van der Waals surface area contributed by atoms with Crippen molar-refractivity contribution in [3.8, 4) is 0 Å². The van der Waals surface area contributed by atoms with Crippen LogP contribution in [0.3, 0.4) is 0 Å². The SMILES string of the molecule is O=C(CSc1nc2scc(C(=O)O)c2c(=O)[nH]1)Nc1ccc(Cl)c(Cl)c1. The molecule has 0 unspecified atom stereocenters. The summed E-state index contributed by atoms with van der Waals surface area (Å²) in [6.45, 7) is 0. The largest absolute Gasteiger partial charge is 0.478 e. The quantitative estimate of drug-likeness (QED) is 0.420. The number of thioether (sulfide) groups is 1. The molecule has 3 N–H and O–H groups in total. The minimum atomic E-state index is -1.19. The van der Waals surface area contributed by atoms with Crippen LogP contribution < -0.4 is 10.9 Å². The molecule has 3 rings (SSSR count). The van der Waals surface area contributed by atoms with Crippen molar-refractivity contribution in [1.29, 1.82) is 0 Å². The summed E-state index contributed by atoms with van der Waals surface area (Å²) in [6, 6.07) is 4.70. The predicted octanol–water partition coefficient (Wildman–Crippen LogP) is 3.72. The second kappa shape index (κ2) is 7.67. The normalized spacial score (nSPS) is 10.8. The molecule has 11 heteroatoms. The van der Waals surface area contributed by atoms with E-state index in [0.717, 1.165) is 23.1 Å². The van der Waals surface area contributed by atoms with Gasteiger partial charge in [0.1, 0.15) is 4.83 Å². The zero-order chi connectivity index (χ0) is 18.8. The molecular weight excluding hydrogens is 421 g/mol. The molecule has 0 saturated carbocycles. The number of carbonyl (C=O) groups is 2. The van der Waals surface area contributed by atoms with Gasteiger partial charge in [-0.25, -0.2) is 9.78 Å². The number of aromatic nitrogens is 2. The number of benzene rings is 1. The Morgan fingerprint density at radius 1 is 1.31 bits per heavy atom. The lowest BCUT2D eigenvalue weighted by molar-refractivity contribution is -0.113. The van der Waals surface area contributed by atoms with Gasteiger partial charge in [-0.05, 0) is 18.2 Å². The summed E-state index contributed by atoms with van der Waals surface area (Å²) in [5.41, 5.74) is -0.153. The number of hydrogen-bond acceptors (Lipinski definition) is 6. The van der Waals surface area contributed by atoms with Gasteiger partial charge in [0.2, 0.25) is 5.91 Å². The van der Waals surface area contributed by atoms with Gasteiger partial charge in [-0.3, -0.25) is 9.59 Å². The van der Waals surface area contributed by atoms with Crippen molar-refractivity contribution in [1.82, 2.24) is 9.97 Å². The van der Waals surface area contributed by atoms with E-state index in [-0.39, 0.29) is 27.8 Å². The Morgan fingerprint density at radius 2 is 2.08 bits per heavy atom. The van der Waals surface area contributed by atoms with Crippen LogP contribution in [0.4, 0.5) is 5.69 Å². The summed E-state index contributed by atoms with van der Waals surface area (Å²) >= 11 is 13.8. The number of halogens is 2. The maximum absolute atomic E-state index is 12.1. The summed E-state index contributed by atoms with van der Waals surface area (Å²) in [5, 5.41) is 14.0. The average molecular weight is 430 g/mol. The van der Waals surface area contributed by atoms with Gasteiger partial charge in [0.25, 0.3) is 5.56 Å². The van der Waals surface area contributed by atoms with Crippen LogP contribution in [0.1, 0.15) is 10.4 Å². The first-order valence-corrected chi connectivity index (χ1v) is 9.60. The number of nitrogens with zero attached hydrogens (tertiary/aromatic N) is 1. The van der Waals surface area contributed by atoms with E-state index >= 15 is 0 Å². The van der Waals surface area contributed by atoms with Crippen LogP contribution in [0.15, 0.2) is 33.5 Å². The molecule has 0 aliphatic carbocycles. The van der Waals surface area contributed by atoms with E-state index < -0.39 is 11.5 Å². The standard InChI is InChI=1S/C15H9Cl2N3O4S2/c16-8-2-1-6(3-9(8)17)18-10(21)5-26-15-19-12(22)11-7(14(23)24)4-25-13(11)20-15/h1-4H,5H2,(H,18,21)(H,23,24)(H,19,20,22). The summed E-state index contributed by atoms with van der Waals surface area (Å²) < 4.78 is 0. The van der Waals surface area contributed by atoms with Crippen LogP contribution in [-0.4, -0.2) is 32.7 Å². The molecule has 134 valence electrons. The van der Waals surface area contributed by atoms with E-state index in [1.165, 1.54) is 11.4 Å². The number of carbonyl (C=O) groups excluding carboxylic acids is 1. The lowest BCUT2D eigenvalue weighted by atomic mass is 10.2. The number of carboxylic acids is 1. The lowest BCUT2D eigenvalue weighted by Crippen LogP contribution is -2.15. The van der Waals surface area contributed by atoms with Crippen LogP contribution in [0.2, 0.25) is 10.0 Å². The van der Waals surface area contributed by atoms with Gasteiger partial charge in [0.15, 0.2) is 5.16 Å². The van der Waals surface area contributed by atoms with Gasteiger partial charge in [-0.1, -0.05) is 35.0 Å². The number of anilines is 1. The first-order chi connectivity index (χ1) is 12.3. The van der Waals surface area contributed by atoms with Crippen LogP contribution in [-0.2, 0) is 4.79 Å². The highest BCUT2D eigenvalue weighted by Gasteiger charge is 2.16. The summed E-state index contributed by atoms with van der Waals surface area (Å²) in [4.78, 5) is 42.2. The first-order valence-electron chi connectivity index (χ1n) is 6.97. The fraction of sp³-hybridized carbons (Fsp3) is 0.0667. The number of aromatic carboxylic acids is 1. The van der Waals surface area contributed by atoms with E-state index in [2.05, 4.69) is 15.3 Å². The summed E-state index contributed by atoms with van der Waals surface area (Å²) in [7, 11) is 0. The number of rotatable bonds is 5. The highest BCUT2D eigenvalue weighted by atomic mass is 35.5. The van der Waals surface area contributed by atoms with Crippen LogP contribution in [0.5, 0.6) is 0 Å². The van der Waals surface area contributed by atoms with Crippen LogP contribution in [0.25, 0.3) is 10.2 Å². The molecule has 2 heterocycles. The molecule has 0 fully saturated rings. The Morgan fingerprint density at radius 3 is 2.77 bits per heavy atom. The number of thiophene rings is 1. The molecule has 0 aliphatic rings. The van der Waals surface area contributed by atoms with Gasteiger partial charge in [0.05, 0.1) is 26.7 Å². The Kier molecular flexibility index (Phi) is 5.52. The zero-order valence-electron chi connectivity index (χ0n) is 12.7. The third-order valence-corrected chi connectivity index (χ3v) is 5.68. The van der Waals surface area contributed by atoms with Crippen molar-refractivity contribution >= 4 is 74.1 Å². The van der Waals surface area contributed by atoms with E-state index in [1.54, 1.807) is 12.1 Å². The first kappa shape index (κ1) is 18.7. The number of hydrogen-bond donors (Lipinski definition) is 3. The Balaban J connectivity index is 1.71. The fourth-order valence-electron chi connectivity index (χ4n) is 2.06. The molecule has 7 nitrogen and oxygen atoms in total. The van der Waals surface area contributed by atoms with Gasteiger partial charge < -0.3 is 15.4 Å². The van der Waals surface area contributed by atoms with E-state index in [9.17, 15) is 14.4 Å². The Labute approximate surface area is 164 Å². The second-order valence-corrected chi connectivity index (χ2v) is 7.61. The van der Waals surface area contributed by atoms with E-state index in [0.29, 0.717) is 20.6 Å². The third-order valence-electron chi connectivity index (χ3n) is 3.20. The van der Waals surface area contributed by atoms with Crippen molar-refractivity contribution in [3.05, 3.63) is 49.5 Å². The maximum atomic E-state index is 12.1.